The normalized spacial score (nSPS) is 18.0. The number of phenols is 1. The Hall–Kier alpha value is -1.61. The molecule has 0 aromatic heterocycles. The molecule has 100 valence electrons. The van der Waals surface area contributed by atoms with Crippen molar-refractivity contribution in [1.29, 1.82) is 0 Å². The van der Waals surface area contributed by atoms with Gasteiger partial charge in [-0.2, -0.15) is 0 Å². The standard InChI is InChI=1S/C15H17ClN2O/c1-2-18-8-9(7-16)14-12(18)6-13(19)10-4-3-5-11(17)15(10)14/h3-6,9,19H,2,7-8,17H2,1H3/t9-/m1/s1. The minimum atomic E-state index is 0.268. The Bertz CT molecular complexity index is 642. The van der Waals surface area contributed by atoms with E-state index in [-0.39, 0.29) is 11.7 Å². The Balaban J connectivity index is 2.39. The molecule has 1 aliphatic heterocycles. The average molecular weight is 277 g/mol. The molecule has 0 spiro atoms. The van der Waals surface area contributed by atoms with Crippen molar-refractivity contribution in [2.24, 2.45) is 0 Å². The van der Waals surface area contributed by atoms with Crippen LogP contribution in [0, 0.1) is 0 Å². The lowest BCUT2D eigenvalue weighted by Crippen LogP contribution is -2.21. The second-order valence-electron chi connectivity index (χ2n) is 4.99. The number of likely N-dealkylation sites (N-methyl/N-ethyl adjacent to an activating group) is 1. The van der Waals surface area contributed by atoms with Gasteiger partial charge in [0.2, 0.25) is 0 Å². The fraction of sp³-hybridized carbons (Fsp3) is 0.333. The molecule has 0 saturated carbocycles. The molecule has 2 aromatic carbocycles. The number of halogens is 1. The van der Waals surface area contributed by atoms with E-state index in [0.717, 1.165) is 29.5 Å². The van der Waals surface area contributed by atoms with Gasteiger partial charge in [0.15, 0.2) is 0 Å². The number of phenolic OH excluding ortho intramolecular Hbond substituents is 1. The quantitative estimate of drug-likeness (QED) is 0.654. The van der Waals surface area contributed by atoms with E-state index in [1.165, 1.54) is 5.56 Å². The molecule has 0 aliphatic carbocycles. The fourth-order valence-electron chi connectivity index (χ4n) is 3.05. The minimum absolute atomic E-state index is 0.268. The van der Waals surface area contributed by atoms with Gasteiger partial charge in [-0.25, -0.2) is 0 Å². The van der Waals surface area contributed by atoms with E-state index in [9.17, 15) is 5.11 Å². The van der Waals surface area contributed by atoms with Crippen LogP contribution in [0.4, 0.5) is 11.4 Å². The molecular weight excluding hydrogens is 260 g/mol. The number of hydrogen-bond donors (Lipinski definition) is 2. The molecule has 0 saturated heterocycles. The third-order valence-corrected chi connectivity index (χ3v) is 4.32. The van der Waals surface area contributed by atoms with Gasteiger partial charge in [0.25, 0.3) is 0 Å². The van der Waals surface area contributed by atoms with E-state index in [0.29, 0.717) is 11.6 Å². The Morgan fingerprint density at radius 3 is 2.95 bits per heavy atom. The number of benzene rings is 2. The highest BCUT2D eigenvalue weighted by Crippen LogP contribution is 2.46. The summed E-state index contributed by atoms with van der Waals surface area (Å²) in [5.74, 6) is 1.12. The molecular formula is C15H17ClN2O. The van der Waals surface area contributed by atoms with E-state index in [4.69, 9.17) is 17.3 Å². The maximum Gasteiger partial charge on any atom is 0.125 e. The van der Waals surface area contributed by atoms with Crippen molar-refractivity contribution in [3.05, 3.63) is 29.8 Å². The molecule has 0 amide bonds. The van der Waals surface area contributed by atoms with Crippen molar-refractivity contribution >= 4 is 33.7 Å². The molecule has 0 unspecified atom stereocenters. The molecule has 3 N–H and O–H groups in total. The lowest BCUT2D eigenvalue weighted by atomic mass is 9.94. The Kier molecular flexibility index (Phi) is 2.94. The van der Waals surface area contributed by atoms with Crippen molar-refractivity contribution < 1.29 is 5.11 Å². The molecule has 3 rings (SSSR count). The second kappa shape index (κ2) is 4.49. The van der Waals surface area contributed by atoms with Gasteiger partial charge >= 0.3 is 0 Å². The molecule has 3 nitrogen and oxygen atoms in total. The number of nitrogen functional groups attached to an aromatic ring is 1. The summed E-state index contributed by atoms with van der Waals surface area (Å²) in [4.78, 5) is 2.24. The summed E-state index contributed by atoms with van der Waals surface area (Å²) < 4.78 is 0. The number of nitrogens with two attached hydrogens (primary N) is 1. The van der Waals surface area contributed by atoms with Gasteiger partial charge in [0, 0.05) is 53.1 Å². The van der Waals surface area contributed by atoms with Crippen LogP contribution in [0.3, 0.4) is 0 Å². The Morgan fingerprint density at radius 1 is 1.47 bits per heavy atom. The molecule has 4 heteroatoms. The van der Waals surface area contributed by atoms with Crippen molar-refractivity contribution in [1.82, 2.24) is 0 Å². The average Bonchev–Trinajstić information content (AvgIpc) is 2.77. The maximum absolute atomic E-state index is 10.2. The van der Waals surface area contributed by atoms with E-state index in [1.54, 1.807) is 0 Å². The lowest BCUT2D eigenvalue weighted by molar-refractivity contribution is 0.481. The summed E-state index contributed by atoms with van der Waals surface area (Å²) in [6.45, 7) is 3.90. The van der Waals surface area contributed by atoms with Crippen molar-refractivity contribution in [2.75, 3.05) is 29.6 Å². The molecule has 0 bridgehead atoms. The SMILES string of the molecule is CCN1C[C@@H](CCl)c2c1cc(O)c1cccc(N)c21. The van der Waals surface area contributed by atoms with Crippen LogP contribution < -0.4 is 10.6 Å². The van der Waals surface area contributed by atoms with Gasteiger partial charge < -0.3 is 15.7 Å². The van der Waals surface area contributed by atoms with Gasteiger partial charge in [0.1, 0.15) is 5.75 Å². The van der Waals surface area contributed by atoms with Gasteiger partial charge in [-0.3, -0.25) is 0 Å². The Labute approximate surface area is 117 Å². The zero-order valence-corrected chi connectivity index (χ0v) is 11.6. The van der Waals surface area contributed by atoms with Crippen LogP contribution in [-0.4, -0.2) is 24.1 Å². The van der Waals surface area contributed by atoms with E-state index >= 15 is 0 Å². The van der Waals surface area contributed by atoms with Crippen LogP contribution >= 0.6 is 11.6 Å². The lowest BCUT2D eigenvalue weighted by Gasteiger charge is -2.18. The highest BCUT2D eigenvalue weighted by Gasteiger charge is 2.30. The summed E-state index contributed by atoms with van der Waals surface area (Å²) >= 11 is 6.12. The topological polar surface area (TPSA) is 49.5 Å². The first-order valence-corrected chi connectivity index (χ1v) is 7.05. The fourth-order valence-corrected chi connectivity index (χ4v) is 3.31. The zero-order valence-electron chi connectivity index (χ0n) is 10.9. The van der Waals surface area contributed by atoms with Crippen molar-refractivity contribution in [2.45, 2.75) is 12.8 Å². The predicted molar refractivity (Wildman–Crippen MR) is 81.4 cm³/mol. The summed E-state index contributed by atoms with van der Waals surface area (Å²) in [6, 6.07) is 7.49. The van der Waals surface area contributed by atoms with Crippen LogP contribution in [-0.2, 0) is 0 Å². The van der Waals surface area contributed by atoms with Crippen LogP contribution in [0.15, 0.2) is 24.3 Å². The monoisotopic (exact) mass is 276 g/mol. The molecule has 2 aromatic rings. The number of anilines is 2. The van der Waals surface area contributed by atoms with Crippen LogP contribution in [0.5, 0.6) is 5.75 Å². The van der Waals surface area contributed by atoms with Crippen LogP contribution in [0.2, 0.25) is 0 Å². The zero-order chi connectivity index (χ0) is 13.6. The second-order valence-corrected chi connectivity index (χ2v) is 5.30. The molecule has 1 aliphatic rings. The first kappa shape index (κ1) is 12.4. The first-order chi connectivity index (χ1) is 9.17. The summed E-state index contributed by atoms with van der Waals surface area (Å²) in [5, 5.41) is 12.0. The first-order valence-electron chi connectivity index (χ1n) is 6.52. The highest BCUT2D eigenvalue weighted by atomic mass is 35.5. The molecule has 0 radical (unpaired) electrons. The van der Waals surface area contributed by atoms with E-state index in [1.807, 2.05) is 24.3 Å². The van der Waals surface area contributed by atoms with E-state index in [2.05, 4.69) is 11.8 Å². The minimum Gasteiger partial charge on any atom is -0.507 e. The maximum atomic E-state index is 10.2. The van der Waals surface area contributed by atoms with Crippen molar-refractivity contribution in [3.8, 4) is 5.75 Å². The van der Waals surface area contributed by atoms with Crippen LogP contribution in [0.25, 0.3) is 10.8 Å². The predicted octanol–water partition coefficient (Wildman–Crippen LogP) is 3.29. The van der Waals surface area contributed by atoms with E-state index < -0.39 is 0 Å². The molecule has 1 heterocycles. The summed E-state index contributed by atoms with van der Waals surface area (Å²) in [7, 11) is 0. The molecule has 19 heavy (non-hydrogen) atoms. The molecule has 1 atom stereocenters. The van der Waals surface area contributed by atoms with Gasteiger partial charge in [-0.15, -0.1) is 11.6 Å². The number of alkyl halides is 1. The Morgan fingerprint density at radius 2 is 2.26 bits per heavy atom. The highest BCUT2D eigenvalue weighted by molar-refractivity contribution is 6.19. The largest absolute Gasteiger partial charge is 0.507 e. The molecule has 0 fully saturated rings. The number of rotatable bonds is 2. The summed E-state index contributed by atoms with van der Waals surface area (Å²) in [5.41, 5.74) is 9.08. The third-order valence-electron chi connectivity index (χ3n) is 3.95. The van der Waals surface area contributed by atoms with Gasteiger partial charge in [-0.1, -0.05) is 12.1 Å². The number of nitrogens with zero attached hydrogens (tertiary/aromatic N) is 1. The third kappa shape index (κ3) is 1.72. The van der Waals surface area contributed by atoms with Crippen molar-refractivity contribution in [3.63, 3.8) is 0 Å². The van der Waals surface area contributed by atoms with Crippen LogP contribution in [0.1, 0.15) is 18.4 Å². The summed E-state index contributed by atoms with van der Waals surface area (Å²) in [6.07, 6.45) is 0. The smallest absolute Gasteiger partial charge is 0.125 e. The number of aromatic hydroxyl groups is 1. The number of hydrogen-bond acceptors (Lipinski definition) is 3. The van der Waals surface area contributed by atoms with Gasteiger partial charge in [-0.05, 0) is 18.6 Å². The number of fused-ring (bicyclic) bond motifs is 3. The van der Waals surface area contributed by atoms with Gasteiger partial charge in [0.05, 0.1) is 0 Å².